The van der Waals surface area contributed by atoms with Crippen LogP contribution in [0.15, 0.2) is 224 Å². The molecule has 5 nitrogen and oxygen atoms in total. The lowest BCUT2D eigenvalue weighted by molar-refractivity contribution is 0.582. The maximum absolute atomic E-state index is 16.2. The highest BCUT2D eigenvalue weighted by Gasteiger charge is 2.49. The monoisotopic (exact) mass is 788 g/mol. The van der Waals surface area contributed by atoms with Crippen LogP contribution < -0.4 is 14.6 Å². The minimum absolute atomic E-state index is 0.766. The first-order valence-corrected chi connectivity index (χ1v) is 21.9. The summed E-state index contributed by atoms with van der Waals surface area (Å²) in [5, 5.41) is 5.59. The molecule has 1 aliphatic rings. The predicted molar refractivity (Wildman–Crippen MR) is 251 cm³/mol. The molecule has 0 saturated carbocycles. The number of rotatable bonds is 6. The standard InChI is InChI=1S/C54H37N4OP/c59-60(44-23-11-4-12-24-44)57(41-19-7-2-8-20-41)53-34-31-43(37-54(53)58(60)42-21-9-3-10-22-42)56-50-28-16-14-26-46(50)48-36-39(30-33-52(48)56)38-29-32-51-47(35-38)45-25-13-15-27-49(45)55(51)40-17-5-1-6-18-40/h1-37H. The Kier molecular flexibility index (Phi) is 7.75. The van der Waals surface area contributed by atoms with Crippen molar-refractivity contribution < 1.29 is 4.57 Å². The van der Waals surface area contributed by atoms with E-state index in [1.807, 2.05) is 78.9 Å². The van der Waals surface area contributed by atoms with Crippen LogP contribution in [0.4, 0.5) is 22.7 Å². The zero-order chi connectivity index (χ0) is 39.8. The number of hydrogen-bond donors (Lipinski definition) is 0. The molecule has 60 heavy (non-hydrogen) atoms. The van der Waals surface area contributed by atoms with Crippen molar-refractivity contribution in [2.24, 2.45) is 0 Å². The Hall–Kier alpha value is -7.59. The minimum atomic E-state index is -3.50. The molecule has 1 unspecified atom stereocenters. The fourth-order valence-corrected chi connectivity index (χ4v) is 12.4. The maximum Gasteiger partial charge on any atom is 0.301 e. The van der Waals surface area contributed by atoms with E-state index in [2.05, 4.69) is 164 Å². The smallest absolute Gasteiger partial charge is 0.301 e. The van der Waals surface area contributed by atoms with Crippen LogP contribution in [0.3, 0.4) is 0 Å². The summed E-state index contributed by atoms with van der Waals surface area (Å²) in [6, 6.07) is 78.4. The molecule has 0 aliphatic carbocycles. The first-order chi connectivity index (χ1) is 29.7. The molecular weight excluding hydrogens is 752 g/mol. The van der Waals surface area contributed by atoms with E-state index in [4.69, 9.17) is 0 Å². The van der Waals surface area contributed by atoms with Crippen molar-refractivity contribution in [1.82, 2.24) is 9.13 Å². The van der Waals surface area contributed by atoms with Crippen LogP contribution in [0.1, 0.15) is 0 Å². The van der Waals surface area contributed by atoms with Crippen LogP contribution in [0, 0.1) is 0 Å². The molecule has 0 saturated heterocycles. The van der Waals surface area contributed by atoms with Gasteiger partial charge in [0.1, 0.15) is 0 Å². The van der Waals surface area contributed by atoms with E-state index in [-0.39, 0.29) is 0 Å². The molecule has 0 N–H and O–H groups in total. The van der Waals surface area contributed by atoms with Gasteiger partial charge in [0.05, 0.1) is 38.7 Å². The summed E-state index contributed by atoms with van der Waals surface area (Å²) in [7, 11) is -3.50. The van der Waals surface area contributed by atoms with Crippen molar-refractivity contribution in [2.75, 3.05) is 9.34 Å². The lowest BCUT2D eigenvalue weighted by Crippen LogP contribution is -2.26. The summed E-state index contributed by atoms with van der Waals surface area (Å²) in [4.78, 5) is 0. The van der Waals surface area contributed by atoms with Crippen molar-refractivity contribution >= 4 is 79.1 Å². The quantitative estimate of drug-likeness (QED) is 0.157. The van der Waals surface area contributed by atoms with Gasteiger partial charge in [-0.25, -0.2) is 0 Å². The molecular formula is C54H37N4OP. The Morgan fingerprint density at radius 2 is 0.717 bits per heavy atom. The molecule has 3 heterocycles. The summed E-state index contributed by atoms with van der Waals surface area (Å²) in [5.41, 5.74) is 12.6. The van der Waals surface area contributed by atoms with Gasteiger partial charge in [0, 0.05) is 44.3 Å². The molecule has 284 valence electrons. The van der Waals surface area contributed by atoms with Crippen molar-refractivity contribution in [3.8, 4) is 22.5 Å². The first kappa shape index (κ1) is 34.5. The number of anilines is 4. The molecule has 0 fully saturated rings. The van der Waals surface area contributed by atoms with Crippen molar-refractivity contribution in [3.63, 3.8) is 0 Å². The van der Waals surface area contributed by atoms with E-state index in [0.29, 0.717) is 0 Å². The molecule has 1 aliphatic heterocycles. The van der Waals surface area contributed by atoms with Crippen LogP contribution in [-0.2, 0) is 4.57 Å². The van der Waals surface area contributed by atoms with Gasteiger partial charge in [-0.15, -0.1) is 0 Å². The highest BCUT2D eigenvalue weighted by atomic mass is 31.2. The van der Waals surface area contributed by atoms with E-state index in [1.54, 1.807) is 0 Å². The lowest BCUT2D eigenvalue weighted by atomic mass is 10.0. The lowest BCUT2D eigenvalue weighted by Gasteiger charge is -2.33. The molecule has 0 radical (unpaired) electrons. The third kappa shape index (κ3) is 5.10. The second-order valence-electron chi connectivity index (χ2n) is 15.4. The SMILES string of the molecule is O=P1(c2ccccc2)N(c2ccccc2)c2ccc(-n3c4ccccc4c4cc(-c5ccc6c(c5)c5ccccc5n6-c5ccccc5)ccc43)cc2N1c1ccccc1. The molecule has 6 heteroatoms. The normalized spacial score (nSPS) is 15.1. The highest BCUT2D eigenvalue weighted by Crippen LogP contribution is 2.70. The van der Waals surface area contributed by atoms with Gasteiger partial charge in [0.25, 0.3) is 0 Å². The number of nitrogens with zero attached hydrogens (tertiary/aromatic N) is 4. The second kappa shape index (κ2) is 13.5. The third-order valence-electron chi connectivity index (χ3n) is 12.0. The number of para-hydroxylation sites is 5. The van der Waals surface area contributed by atoms with E-state index < -0.39 is 7.44 Å². The fraction of sp³-hybridized carbons (Fsp3) is 0. The average molecular weight is 789 g/mol. The molecule has 1 atom stereocenters. The van der Waals surface area contributed by atoms with E-state index in [0.717, 1.165) is 56.0 Å². The van der Waals surface area contributed by atoms with E-state index >= 15 is 4.57 Å². The molecule has 11 aromatic rings. The summed E-state index contributed by atoms with van der Waals surface area (Å²) in [5.74, 6) is 0. The number of benzene rings is 9. The Morgan fingerprint density at radius 1 is 0.300 bits per heavy atom. The first-order valence-electron chi connectivity index (χ1n) is 20.3. The zero-order valence-electron chi connectivity index (χ0n) is 32.5. The molecule has 2 aromatic heterocycles. The topological polar surface area (TPSA) is 33.4 Å². The number of aromatic nitrogens is 2. The third-order valence-corrected chi connectivity index (χ3v) is 15.0. The average Bonchev–Trinajstić information content (AvgIpc) is 3.92. The number of hydrogen-bond acceptors (Lipinski definition) is 1. The Bertz CT molecular complexity index is 3470. The van der Waals surface area contributed by atoms with Crippen LogP contribution in [0.5, 0.6) is 0 Å². The van der Waals surface area contributed by atoms with Gasteiger partial charge in [-0.3, -0.25) is 13.9 Å². The zero-order valence-corrected chi connectivity index (χ0v) is 33.4. The van der Waals surface area contributed by atoms with Crippen molar-refractivity contribution in [3.05, 3.63) is 224 Å². The molecule has 9 aromatic carbocycles. The van der Waals surface area contributed by atoms with Gasteiger partial charge in [0.2, 0.25) is 0 Å². The van der Waals surface area contributed by atoms with Crippen LogP contribution >= 0.6 is 7.44 Å². The van der Waals surface area contributed by atoms with E-state index in [1.165, 1.54) is 38.1 Å². The Morgan fingerprint density at radius 3 is 1.25 bits per heavy atom. The largest absolute Gasteiger partial charge is 0.309 e. The van der Waals surface area contributed by atoms with Crippen molar-refractivity contribution in [2.45, 2.75) is 0 Å². The van der Waals surface area contributed by atoms with Crippen LogP contribution in [-0.4, -0.2) is 9.13 Å². The van der Waals surface area contributed by atoms with Crippen molar-refractivity contribution in [1.29, 1.82) is 0 Å². The van der Waals surface area contributed by atoms with Crippen LogP contribution in [0.25, 0.3) is 66.1 Å². The highest BCUT2D eigenvalue weighted by molar-refractivity contribution is 7.76. The summed E-state index contributed by atoms with van der Waals surface area (Å²) in [6.45, 7) is 0. The molecule has 12 rings (SSSR count). The molecule has 0 spiro atoms. The molecule has 0 amide bonds. The Labute approximate surface area is 347 Å². The Balaban J connectivity index is 1.04. The van der Waals surface area contributed by atoms with Gasteiger partial charge in [-0.1, -0.05) is 121 Å². The summed E-state index contributed by atoms with van der Waals surface area (Å²) < 4.78 is 25.0. The summed E-state index contributed by atoms with van der Waals surface area (Å²) >= 11 is 0. The van der Waals surface area contributed by atoms with E-state index in [9.17, 15) is 0 Å². The fourth-order valence-electron chi connectivity index (χ4n) is 9.40. The van der Waals surface area contributed by atoms with Gasteiger partial charge < -0.3 is 9.13 Å². The molecule has 0 bridgehead atoms. The second-order valence-corrected chi connectivity index (χ2v) is 17.8. The predicted octanol–water partition coefficient (Wildman–Crippen LogP) is 14.4. The van der Waals surface area contributed by atoms with Gasteiger partial charge >= 0.3 is 7.44 Å². The van der Waals surface area contributed by atoms with Gasteiger partial charge in [-0.05, 0) is 114 Å². The van der Waals surface area contributed by atoms with Crippen LogP contribution in [0.2, 0.25) is 0 Å². The van der Waals surface area contributed by atoms with Gasteiger partial charge in [-0.2, -0.15) is 0 Å². The summed E-state index contributed by atoms with van der Waals surface area (Å²) in [6.07, 6.45) is 0. The van der Waals surface area contributed by atoms with Gasteiger partial charge in [0.15, 0.2) is 0 Å². The number of fused-ring (bicyclic) bond motifs is 7. The minimum Gasteiger partial charge on any atom is -0.309 e. The maximum atomic E-state index is 16.2.